The number of halogens is 1. The van der Waals surface area contributed by atoms with Crippen LogP contribution >= 0.6 is 0 Å². The third-order valence-electron chi connectivity index (χ3n) is 3.09. The minimum Gasteiger partial charge on any atom is -0.355 e. The summed E-state index contributed by atoms with van der Waals surface area (Å²) in [5.41, 5.74) is 0.796. The molecule has 0 fully saturated rings. The molecule has 20 heavy (non-hydrogen) atoms. The highest BCUT2D eigenvalue weighted by Gasteiger charge is 2.24. The summed E-state index contributed by atoms with van der Waals surface area (Å²) >= 11 is 0. The molecule has 4 nitrogen and oxygen atoms in total. The van der Waals surface area contributed by atoms with Crippen molar-refractivity contribution in [1.29, 1.82) is 0 Å². The molecule has 1 N–H and O–H groups in total. The standard InChI is InChI=1S/C15H21FN2O2/c1-4-14(19)18(11(3)15(20)17-5-2)10-12-6-8-13(16)9-7-12/h6-9,11H,4-5,10H2,1-3H3,(H,17,20). The highest BCUT2D eigenvalue weighted by atomic mass is 19.1. The summed E-state index contributed by atoms with van der Waals surface area (Å²) in [5, 5.41) is 2.71. The Morgan fingerprint density at radius 1 is 1.25 bits per heavy atom. The van der Waals surface area contributed by atoms with Crippen LogP contribution in [-0.4, -0.2) is 29.3 Å². The van der Waals surface area contributed by atoms with Crippen molar-refractivity contribution >= 4 is 11.8 Å². The molecule has 0 aliphatic heterocycles. The molecule has 2 amide bonds. The number of benzene rings is 1. The second-order valence-electron chi connectivity index (χ2n) is 4.57. The number of carbonyl (C=O) groups excluding carboxylic acids is 2. The van der Waals surface area contributed by atoms with Crippen molar-refractivity contribution in [1.82, 2.24) is 10.2 Å². The van der Waals surface area contributed by atoms with Crippen LogP contribution in [0.25, 0.3) is 0 Å². The fourth-order valence-corrected chi connectivity index (χ4v) is 1.89. The first-order chi connectivity index (χ1) is 9.49. The Kier molecular flexibility index (Phi) is 6.15. The highest BCUT2D eigenvalue weighted by molar-refractivity contribution is 5.87. The van der Waals surface area contributed by atoms with E-state index in [1.807, 2.05) is 6.92 Å². The smallest absolute Gasteiger partial charge is 0.242 e. The highest BCUT2D eigenvalue weighted by Crippen LogP contribution is 2.11. The molecule has 0 saturated heterocycles. The summed E-state index contributed by atoms with van der Waals surface area (Å²) in [4.78, 5) is 25.4. The Labute approximate surface area is 119 Å². The molecule has 1 rings (SSSR count). The molecule has 0 aromatic heterocycles. The van der Waals surface area contributed by atoms with Crippen LogP contribution in [0.4, 0.5) is 4.39 Å². The summed E-state index contributed by atoms with van der Waals surface area (Å²) < 4.78 is 12.9. The summed E-state index contributed by atoms with van der Waals surface area (Å²) in [5.74, 6) is -0.608. The lowest BCUT2D eigenvalue weighted by atomic mass is 10.1. The maximum atomic E-state index is 12.9. The van der Waals surface area contributed by atoms with Gasteiger partial charge in [0.2, 0.25) is 11.8 Å². The van der Waals surface area contributed by atoms with Crippen molar-refractivity contribution in [2.45, 2.75) is 39.8 Å². The number of nitrogens with one attached hydrogen (secondary N) is 1. The SMILES string of the molecule is CCNC(=O)C(C)N(Cc1ccc(F)cc1)C(=O)CC. The number of nitrogens with zero attached hydrogens (tertiary/aromatic N) is 1. The maximum Gasteiger partial charge on any atom is 0.242 e. The van der Waals surface area contributed by atoms with Crippen LogP contribution in [0.3, 0.4) is 0 Å². The summed E-state index contributed by atoms with van der Waals surface area (Å²) in [6, 6.07) is 5.39. The molecule has 1 atom stereocenters. The third kappa shape index (κ3) is 4.33. The van der Waals surface area contributed by atoms with Gasteiger partial charge in [0.15, 0.2) is 0 Å². The fraction of sp³-hybridized carbons (Fsp3) is 0.467. The molecule has 0 spiro atoms. The first kappa shape index (κ1) is 16.1. The van der Waals surface area contributed by atoms with Gasteiger partial charge in [-0.3, -0.25) is 9.59 Å². The van der Waals surface area contributed by atoms with Crippen molar-refractivity contribution in [3.05, 3.63) is 35.6 Å². The molecule has 1 aromatic carbocycles. The van der Waals surface area contributed by atoms with Crippen LogP contribution in [0.2, 0.25) is 0 Å². The van der Waals surface area contributed by atoms with Gasteiger partial charge in [0.1, 0.15) is 11.9 Å². The van der Waals surface area contributed by atoms with Gasteiger partial charge >= 0.3 is 0 Å². The van der Waals surface area contributed by atoms with Gasteiger partial charge in [-0.25, -0.2) is 4.39 Å². The van der Waals surface area contributed by atoms with Gasteiger partial charge in [-0.1, -0.05) is 19.1 Å². The van der Waals surface area contributed by atoms with Crippen molar-refractivity contribution in [3.8, 4) is 0 Å². The molecule has 0 radical (unpaired) electrons. The van der Waals surface area contributed by atoms with Crippen molar-refractivity contribution < 1.29 is 14.0 Å². The molecule has 0 saturated carbocycles. The molecule has 110 valence electrons. The Hall–Kier alpha value is -1.91. The van der Waals surface area contributed by atoms with Crippen LogP contribution in [-0.2, 0) is 16.1 Å². The van der Waals surface area contributed by atoms with Crippen molar-refractivity contribution in [2.75, 3.05) is 6.54 Å². The second-order valence-corrected chi connectivity index (χ2v) is 4.57. The zero-order valence-corrected chi connectivity index (χ0v) is 12.1. The Morgan fingerprint density at radius 3 is 2.35 bits per heavy atom. The lowest BCUT2D eigenvalue weighted by molar-refractivity contribution is -0.140. The van der Waals surface area contributed by atoms with Gasteiger partial charge in [-0.2, -0.15) is 0 Å². The average Bonchev–Trinajstić information content (AvgIpc) is 2.45. The predicted octanol–water partition coefficient (Wildman–Crippen LogP) is 2.09. The van der Waals surface area contributed by atoms with E-state index in [0.717, 1.165) is 5.56 Å². The van der Waals surface area contributed by atoms with Crippen LogP contribution in [0.15, 0.2) is 24.3 Å². The van der Waals surface area contributed by atoms with Crippen LogP contribution in [0, 0.1) is 5.82 Å². The van der Waals surface area contributed by atoms with Gasteiger partial charge in [-0.15, -0.1) is 0 Å². The van der Waals surface area contributed by atoms with Crippen molar-refractivity contribution in [3.63, 3.8) is 0 Å². The van der Waals surface area contributed by atoms with Gasteiger partial charge in [-0.05, 0) is 31.5 Å². The van der Waals surface area contributed by atoms with Crippen LogP contribution in [0.5, 0.6) is 0 Å². The van der Waals surface area contributed by atoms with Gasteiger partial charge in [0.25, 0.3) is 0 Å². The van der Waals surface area contributed by atoms with Gasteiger partial charge in [0, 0.05) is 19.5 Å². The summed E-state index contributed by atoms with van der Waals surface area (Å²) in [6.07, 6.45) is 0.324. The molecular weight excluding hydrogens is 259 g/mol. The molecule has 1 aromatic rings. The lowest BCUT2D eigenvalue weighted by Crippen LogP contribution is -2.47. The average molecular weight is 280 g/mol. The van der Waals surface area contributed by atoms with E-state index in [9.17, 15) is 14.0 Å². The first-order valence-electron chi connectivity index (χ1n) is 6.81. The Balaban J connectivity index is 2.86. The summed E-state index contributed by atoms with van der Waals surface area (Å²) in [6.45, 7) is 6.10. The minimum absolute atomic E-state index is 0.104. The maximum absolute atomic E-state index is 12.9. The van der Waals surface area contributed by atoms with E-state index in [0.29, 0.717) is 19.5 Å². The topological polar surface area (TPSA) is 49.4 Å². The zero-order valence-electron chi connectivity index (χ0n) is 12.1. The Bertz CT molecular complexity index is 459. The molecule has 0 aliphatic carbocycles. The number of likely N-dealkylation sites (N-methyl/N-ethyl adjacent to an activating group) is 1. The number of hydrogen-bond donors (Lipinski definition) is 1. The minimum atomic E-state index is -0.549. The van der Waals surface area contributed by atoms with E-state index in [2.05, 4.69) is 5.32 Å². The molecule has 1 unspecified atom stereocenters. The van der Waals surface area contributed by atoms with Crippen LogP contribution < -0.4 is 5.32 Å². The fourth-order valence-electron chi connectivity index (χ4n) is 1.89. The number of rotatable bonds is 6. The van der Waals surface area contributed by atoms with Crippen molar-refractivity contribution in [2.24, 2.45) is 0 Å². The van der Waals surface area contributed by atoms with Crippen LogP contribution in [0.1, 0.15) is 32.8 Å². The normalized spacial score (nSPS) is 11.8. The quantitative estimate of drug-likeness (QED) is 0.867. The van der Waals surface area contributed by atoms with Gasteiger partial charge in [0.05, 0.1) is 0 Å². The molecule has 0 bridgehead atoms. The van der Waals surface area contributed by atoms with E-state index in [1.165, 1.54) is 17.0 Å². The number of carbonyl (C=O) groups is 2. The lowest BCUT2D eigenvalue weighted by Gasteiger charge is -2.28. The second kappa shape index (κ2) is 7.62. The molecular formula is C15H21FN2O2. The molecule has 0 heterocycles. The monoisotopic (exact) mass is 280 g/mol. The zero-order chi connectivity index (χ0) is 15.1. The number of hydrogen-bond acceptors (Lipinski definition) is 2. The van der Waals surface area contributed by atoms with Gasteiger partial charge < -0.3 is 10.2 Å². The predicted molar refractivity (Wildman–Crippen MR) is 75.4 cm³/mol. The summed E-state index contributed by atoms with van der Waals surface area (Å²) in [7, 11) is 0. The van der Waals surface area contributed by atoms with E-state index in [-0.39, 0.29) is 17.6 Å². The van der Waals surface area contributed by atoms with E-state index >= 15 is 0 Å². The molecule has 5 heteroatoms. The molecule has 0 aliphatic rings. The Morgan fingerprint density at radius 2 is 1.85 bits per heavy atom. The van der Waals surface area contributed by atoms with E-state index < -0.39 is 6.04 Å². The van der Waals surface area contributed by atoms with E-state index in [4.69, 9.17) is 0 Å². The largest absolute Gasteiger partial charge is 0.355 e. The first-order valence-corrected chi connectivity index (χ1v) is 6.81. The number of amides is 2. The van der Waals surface area contributed by atoms with E-state index in [1.54, 1.807) is 26.0 Å². The third-order valence-corrected chi connectivity index (χ3v) is 3.09.